The molecule has 1 aromatic carbocycles. The summed E-state index contributed by atoms with van der Waals surface area (Å²) in [5.74, 6) is -1.16. The molecule has 0 saturated carbocycles. The molecule has 0 aliphatic carbocycles. The van der Waals surface area contributed by atoms with Crippen LogP contribution in [0.25, 0.3) is 11.1 Å². The van der Waals surface area contributed by atoms with Crippen LogP contribution in [0.1, 0.15) is 0 Å². The molecule has 1 heterocycles. The van der Waals surface area contributed by atoms with Crippen molar-refractivity contribution < 1.29 is 9.31 Å². The fourth-order valence-electron chi connectivity index (χ4n) is 1.46. The Bertz CT molecular complexity index is 679. The summed E-state index contributed by atoms with van der Waals surface area (Å²) in [5, 5.41) is 11.4. The summed E-state index contributed by atoms with van der Waals surface area (Å²) in [4.78, 5) is 13.1. The lowest BCUT2D eigenvalue weighted by Crippen LogP contribution is -1.96. The predicted octanol–water partition coefficient (Wildman–Crippen LogP) is 4.76. The van der Waals surface area contributed by atoms with Crippen LogP contribution in [-0.2, 0) is 0 Å². The molecule has 2 aromatic rings. The first-order valence-corrected chi connectivity index (χ1v) is 5.98. The lowest BCUT2D eigenvalue weighted by Gasteiger charge is -2.06. The molecule has 0 saturated heterocycles. The lowest BCUT2D eigenvalue weighted by molar-refractivity contribution is -0.388. The summed E-state index contributed by atoms with van der Waals surface area (Å²) in [5.41, 5.74) is -0.0806. The van der Waals surface area contributed by atoms with Crippen molar-refractivity contribution in [1.29, 1.82) is 0 Å². The van der Waals surface area contributed by atoms with Gasteiger partial charge in [0.15, 0.2) is 0 Å². The van der Waals surface area contributed by atoms with Crippen LogP contribution in [0.4, 0.5) is 10.1 Å². The monoisotopic (exact) mass is 320 g/mol. The van der Waals surface area contributed by atoms with Crippen LogP contribution in [0.5, 0.6) is 0 Å². The standard InChI is InChI=1S/C11H4Cl3FN2O2/c12-7-3-9(14)8(13)2-6(7)5-1-10(17(18)19)11(15)16-4-5/h1-4H. The Morgan fingerprint density at radius 3 is 2.37 bits per heavy atom. The Labute approximate surface area is 121 Å². The Balaban J connectivity index is 2.63. The number of nitrogens with zero attached hydrogens (tertiary/aromatic N) is 2. The van der Waals surface area contributed by atoms with E-state index in [-0.39, 0.29) is 20.6 Å². The molecule has 0 radical (unpaired) electrons. The van der Waals surface area contributed by atoms with Crippen LogP contribution < -0.4 is 0 Å². The average Bonchev–Trinajstić information content (AvgIpc) is 2.34. The highest BCUT2D eigenvalue weighted by molar-refractivity contribution is 6.44. The Kier molecular flexibility index (Phi) is 3.89. The van der Waals surface area contributed by atoms with Crippen LogP contribution in [0.3, 0.4) is 0 Å². The number of pyridine rings is 1. The smallest absolute Gasteiger partial charge is 0.258 e. The second-order valence-corrected chi connectivity index (χ2v) is 4.76. The summed E-state index contributed by atoms with van der Waals surface area (Å²) in [6.07, 6.45) is 1.13. The number of hydrogen-bond donors (Lipinski definition) is 0. The molecule has 2 rings (SSSR count). The molecular formula is C11H4Cl3FN2O2. The molecule has 19 heavy (non-hydrogen) atoms. The van der Waals surface area contributed by atoms with Crippen molar-refractivity contribution in [2.24, 2.45) is 0 Å². The van der Waals surface area contributed by atoms with E-state index in [1.807, 2.05) is 0 Å². The van der Waals surface area contributed by atoms with Crippen LogP contribution in [0, 0.1) is 16.1 Å². The van der Waals surface area contributed by atoms with Crippen molar-refractivity contribution in [1.82, 2.24) is 4.98 Å². The minimum atomic E-state index is -1.16. The third-order valence-electron chi connectivity index (χ3n) is 2.34. The molecule has 4 nitrogen and oxygen atoms in total. The van der Waals surface area contributed by atoms with E-state index in [9.17, 15) is 14.5 Å². The van der Waals surface area contributed by atoms with Crippen LogP contribution in [0.2, 0.25) is 15.1 Å². The van der Waals surface area contributed by atoms with Gasteiger partial charge in [0, 0.05) is 23.4 Å². The van der Waals surface area contributed by atoms with Crippen molar-refractivity contribution >= 4 is 40.5 Å². The Morgan fingerprint density at radius 1 is 1.11 bits per heavy atom. The number of aromatic nitrogens is 1. The fourth-order valence-corrected chi connectivity index (χ4v) is 2.11. The molecule has 0 bridgehead atoms. The van der Waals surface area contributed by atoms with Gasteiger partial charge in [0.05, 0.1) is 20.0 Å². The van der Waals surface area contributed by atoms with Crippen LogP contribution in [0.15, 0.2) is 24.4 Å². The second kappa shape index (κ2) is 5.28. The van der Waals surface area contributed by atoms with Crippen molar-refractivity contribution in [3.63, 3.8) is 0 Å². The zero-order chi connectivity index (χ0) is 14.2. The predicted molar refractivity (Wildman–Crippen MR) is 71.3 cm³/mol. The SMILES string of the molecule is O=[N+]([O-])c1cc(-c2cc(Cl)c(Cl)cc2Cl)cnc1F. The highest BCUT2D eigenvalue weighted by Gasteiger charge is 2.18. The minimum absolute atomic E-state index is 0.230. The van der Waals surface area contributed by atoms with Gasteiger partial charge >= 0.3 is 5.69 Å². The maximum Gasteiger partial charge on any atom is 0.324 e. The molecule has 0 fully saturated rings. The number of nitro groups is 1. The normalized spacial score (nSPS) is 10.5. The van der Waals surface area contributed by atoms with Crippen molar-refractivity contribution in [3.05, 3.63) is 55.5 Å². The second-order valence-electron chi connectivity index (χ2n) is 3.54. The summed E-state index contributed by atoms with van der Waals surface area (Å²) >= 11 is 17.6. The largest absolute Gasteiger partial charge is 0.324 e. The topological polar surface area (TPSA) is 56.0 Å². The van der Waals surface area contributed by atoms with Crippen molar-refractivity contribution in [3.8, 4) is 11.1 Å². The molecule has 8 heteroatoms. The molecule has 0 N–H and O–H groups in total. The first kappa shape index (κ1) is 14.0. The van der Waals surface area contributed by atoms with Crippen LogP contribution in [-0.4, -0.2) is 9.91 Å². The molecule has 0 aliphatic rings. The first-order valence-electron chi connectivity index (χ1n) is 4.85. The third kappa shape index (κ3) is 2.78. The van der Waals surface area contributed by atoms with Gasteiger partial charge in [0.25, 0.3) is 5.95 Å². The van der Waals surface area contributed by atoms with Crippen molar-refractivity contribution in [2.75, 3.05) is 0 Å². The van der Waals surface area contributed by atoms with E-state index in [2.05, 4.69) is 4.98 Å². The highest BCUT2D eigenvalue weighted by Crippen LogP contribution is 2.36. The number of benzene rings is 1. The zero-order valence-electron chi connectivity index (χ0n) is 9.03. The molecule has 0 unspecified atom stereocenters. The maximum atomic E-state index is 13.1. The van der Waals surface area contributed by atoms with E-state index in [1.165, 1.54) is 12.1 Å². The fraction of sp³-hybridized carbons (Fsp3) is 0. The quantitative estimate of drug-likeness (QED) is 0.347. The Hall–Kier alpha value is -1.43. The zero-order valence-corrected chi connectivity index (χ0v) is 11.3. The molecule has 98 valence electrons. The van der Waals surface area contributed by atoms with Gasteiger partial charge in [-0.1, -0.05) is 34.8 Å². The molecule has 0 atom stereocenters. The van der Waals surface area contributed by atoms with Crippen LogP contribution >= 0.6 is 34.8 Å². The highest BCUT2D eigenvalue weighted by atomic mass is 35.5. The molecule has 1 aromatic heterocycles. The van der Waals surface area contributed by atoms with Gasteiger partial charge in [-0.3, -0.25) is 10.1 Å². The van der Waals surface area contributed by atoms with E-state index in [0.717, 1.165) is 12.3 Å². The summed E-state index contributed by atoms with van der Waals surface area (Å²) in [6.45, 7) is 0. The third-order valence-corrected chi connectivity index (χ3v) is 3.37. The average molecular weight is 322 g/mol. The summed E-state index contributed by atoms with van der Waals surface area (Å²) in [6, 6.07) is 3.87. The van der Waals surface area contributed by atoms with E-state index >= 15 is 0 Å². The van der Waals surface area contributed by atoms with Gasteiger partial charge in [-0.15, -0.1) is 0 Å². The van der Waals surface area contributed by atoms with Gasteiger partial charge in [-0.2, -0.15) is 4.39 Å². The Morgan fingerprint density at radius 2 is 1.74 bits per heavy atom. The molecular weight excluding hydrogens is 317 g/mol. The van der Waals surface area contributed by atoms with E-state index in [0.29, 0.717) is 5.56 Å². The maximum absolute atomic E-state index is 13.1. The van der Waals surface area contributed by atoms with E-state index in [1.54, 1.807) is 0 Å². The van der Waals surface area contributed by atoms with Gasteiger partial charge < -0.3 is 0 Å². The number of halogens is 4. The van der Waals surface area contributed by atoms with Gasteiger partial charge in [-0.25, -0.2) is 4.98 Å². The lowest BCUT2D eigenvalue weighted by atomic mass is 10.1. The molecule has 0 spiro atoms. The van der Waals surface area contributed by atoms with Gasteiger partial charge in [-0.05, 0) is 12.1 Å². The minimum Gasteiger partial charge on any atom is -0.258 e. The molecule has 0 amide bonds. The first-order chi connectivity index (χ1) is 8.90. The summed E-state index contributed by atoms with van der Waals surface area (Å²) < 4.78 is 13.1. The van der Waals surface area contributed by atoms with Gasteiger partial charge in [0.1, 0.15) is 0 Å². The van der Waals surface area contributed by atoms with E-state index in [4.69, 9.17) is 34.8 Å². The number of rotatable bonds is 2. The van der Waals surface area contributed by atoms with E-state index < -0.39 is 16.6 Å². The summed E-state index contributed by atoms with van der Waals surface area (Å²) in [7, 11) is 0. The molecule has 0 aliphatic heterocycles. The van der Waals surface area contributed by atoms with Crippen molar-refractivity contribution in [2.45, 2.75) is 0 Å². The number of hydrogen-bond acceptors (Lipinski definition) is 3. The van der Waals surface area contributed by atoms with Gasteiger partial charge in [0.2, 0.25) is 0 Å².